The van der Waals surface area contributed by atoms with E-state index in [1.54, 1.807) is 0 Å². The number of carbonyl (C=O) groups excluding carboxylic acids is 1. The third kappa shape index (κ3) is 5.34. The van der Waals surface area contributed by atoms with E-state index in [4.69, 9.17) is 16.2 Å². The highest BCUT2D eigenvalue weighted by Gasteiger charge is 2.45. The number of ether oxygens (including phenoxy) is 1. The maximum Gasteiger partial charge on any atom is 0.335 e. The summed E-state index contributed by atoms with van der Waals surface area (Å²) in [5.74, 6) is -5.43. The number of carbonyl (C=O) groups is 2. The Kier molecular flexibility index (Phi) is 8.07. The van der Waals surface area contributed by atoms with Crippen molar-refractivity contribution >= 4 is 66.4 Å². The van der Waals surface area contributed by atoms with Gasteiger partial charge < -0.3 is 26.6 Å². The molecule has 2 unspecified atom stereocenters. The minimum absolute atomic E-state index is 0.00629. The van der Waals surface area contributed by atoms with Crippen LogP contribution in [-0.4, -0.2) is 61.7 Å². The van der Waals surface area contributed by atoms with Crippen LogP contribution in [0.3, 0.4) is 0 Å². The number of hydrogen-bond acceptors (Lipinski definition) is 10. The van der Waals surface area contributed by atoms with E-state index < -0.39 is 70.9 Å². The molecule has 0 bridgehead atoms. The summed E-state index contributed by atoms with van der Waals surface area (Å²) < 4.78 is 79.3. The van der Waals surface area contributed by atoms with E-state index in [1.807, 2.05) is 0 Å². The van der Waals surface area contributed by atoms with Gasteiger partial charge in [0, 0.05) is 36.1 Å². The number of nitrogen functional groups attached to an aromatic ring is 1. The van der Waals surface area contributed by atoms with Crippen LogP contribution in [0, 0.1) is 5.92 Å². The van der Waals surface area contributed by atoms with E-state index in [0.29, 0.717) is 0 Å². The Balaban J connectivity index is 2.14. The van der Waals surface area contributed by atoms with Gasteiger partial charge in [-0.15, -0.1) is 0 Å². The molecule has 17 heteroatoms. The Morgan fingerprint density at radius 3 is 2.35 bits per heavy atom. The molecule has 1 aliphatic carbocycles. The van der Waals surface area contributed by atoms with Gasteiger partial charge in [-0.25, -0.2) is 8.00 Å². The number of carboxylic acid groups (broad SMARTS) is 1. The summed E-state index contributed by atoms with van der Waals surface area (Å²) in [6, 6.07) is 6.18. The second-order valence-electron chi connectivity index (χ2n) is 8.63. The molecule has 1 heterocycles. The molecule has 8 N–H and O–H groups in total. The fraction of sp³-hybridized carbons (Fsp3) is 0.174. The fourth-order valence-electron chi connectivity index (χ4n) is 4.66. The van der Waals surface area contributed by atoms with Gasteiger partial charge in [-0.1, -0.05) is 12.1 Å². The number of benzene rings is 2. The van der Waals surface area contributed by atoms with E-state index >= 15 is 0 Å². The molecule has 14 nitrogen and oxygen atoms in total. The summed E-state index contributed by atoms with van der Waals surface area (Å²) in [5.41, 5.74) is 10.3. The summed E-state index contributed by atoms with van der Waals surface area (Å²) in [7, 11) is -10.1. The highest BCUT2D eigenvalue weighted by atomic mass is 127. The number of rotatable bonds is 7. The highest BCUT2D eigenvalue weighted by molar-refractivity contribution is 14.1. The van der Waals surface area contributed by atoms with E-state index in [0.717, 1.165) is 6.07 Å². The second-order valence-corrected chi connectivity index (χ2v) is 11.8. The van der Waals surface area contributed by atoms with Gasteiger partial charge in [-0.2, -0.15) is 16.8 Å². The standard InChI is InChI=1S/C23H21IN4O10S2/c24-28-16-6-4-13-17(14-9-10(22(29)27-8-7-25)1-2-11(14)23(30)31)12-3-5-15(26)20(39(32,33)34)18(12)38-19(13)21(16)40(35,36)37/h1-6,9,13,17H,7-8,25-26H2,(H,27,29)(H,30,31)(H,32,33,34)(H,35,36,37)/b28-16+. The molecular formula is C23H21IN4O10S2. The predicted molar refractivity (Wildman–Crippen MR) is 151 cm³/mol. The lowest BCUT2D eigenvalue weighted by Gasteiger charge is -2.37. The minimum Gasteiger partial charge on any atom is -0.478 e. The van der Waals surface area contributed by atoms with Crippen molar-refractivity contribution in [3.8, 4) is 5.75 Å². The Hall–Kier alpha value is -3.36. The molecular weight excluding hydrogens is 683 g/mol. The number of anilines is 1. The molecule has 2 aromatic carbocycles. The van der Waals surface area contributed by atoms with Crippen LogP contribution in [0.5, 0.6) is 5.75 Å². The third-order valence-corrected chi connectivity index (χ3v) is 8.60. The van der Waals surface area contributed by atoms with Crippen LogP contribution < -0.4 is 21.5 Å². The number of aromatic carboxylic acids is 1. The summed E-state index contributed by atoms with van der Waals surface area (Å²) in [6.07, 6.45) is 2.70. The first-order chi connectivity index (χ1) is 18.7. The number of allylic oxidation sites excluding steroid dienone is 3. The van der Waals surface area contributed by atoms with Crippen LogP contribution in [0.4, 0.5) is 5.69 Å². The van der Waals surface area contributed by atoms with Crippen molar-refractivity contribution in [1.29, 1.82) is 0 Å². The molecule has 40 heavy (non-hydrogen) atoms. The zero-order valence-electron chi connectivity index (χ0n) is 20.1. The van der Waals surface area contributed by atoms with Gasteiger partial charge in [0.25, 0.3) is 26.1 Å². The largest absolute Gasteiger partial charge is 0.478 e. The zero-order chi connectivity index (χ0) is 29.6. The van der Waals surface area contributed by atoms with Crippen LogP contribution in [0.25, 0.3) is 0 Å². The van der Waals surface area contributed by atoms with Crippen molar-refractivity contribution in [3.63, 3.8) is 0 Å². The number of amides is 1. The van der Waals surface area contributed by atoms with E-state index in [9.17, 15) is 40.6 Å². The Morgan fingerprint density at radius 2 is 1.77 bits per heavy atom. The van der Waals surface area contributed by atoms with Crippen molar-refractivity contribution < 1.29 is 45.4 Å². The van der Waals surface area contributed by atoms with Crippen LogP contribution >= 0.6 is 22.9 Å². The molecule has 2 atom stereocenters. The molecule has 1 amide bonds. The zero-order valence-corrected chi connectivity index (χ0v) is 23.9. The molecule has 0 spiro atoms. The van der Waals surface area contributed by atoms with E-state index in [-0.39, 0.29) is 41.1 Å². The van der Waals surface area contributed by atoms with Gasteiger partial charge in [0.1, 0.15) is 5.76 Å². The fourth-order valence-corrected chi connectivity index (χ4v) is 6.79. The molecule has 2 aliphatic rings. The second kappa shape index (κ2) is 10.9. The first kappa shape index (κ1) is 29.6. The summed E-state index contributed by atoms with van der Waals surface area (Å²) >= 11 is 1.49. The number of halogens is 1. The minimum atomic E-state index is -5.08. The van der Waals surface area contributed by atoms with Gasteiger partial charge >= 0.3 is 5.97 Å². The lowest BCUT2D eigenvalue weighted by molar-refractivity contribution is 0.0694. The number of hydrogen-bond donors (Lipinski definition) is 6. The Morgan fingerprint density at radius 1 is 1.07 bits per heavy atom. The summed E-state index contributed by atoms with van der Waals surface area (Å²) in [6.45, 7) is 0.263. The molecule has 0 saturated carbocycles. The molecule has 0 fully saturated rings. The average molecular weight is 704 g/mol. The van der Waals surface area contributed by atoms with Gasteiger partial charge in [-0.3, -0.25) is 13.9 Å². The Bertz CT molecular complexity index is 1750. The number of nitrogens with two attached hydrogens (primary N) is 2. The van der Waals surface area contributed by atoms with Crippen LogP contribution in [0.2, 0.25) is 0 Å². The topological polar surface area (TPSA) is 249 Å². The first-order valence-electron chi connectivity index (χ1n) is 11.2. The molecule has 2 aromatic rings. The van der Waals surface area contributed by atoms with Crippen molar-refractivity contribution in [1.82, 2.24) is 5.32 Å². The SMILES string of the molecule is NCCNC(=O)c1ccc(C(=O)O)c(C2c3ccc(N)c(S(=O)(=O)O)c3OC3=C(S(=O)(=O)O)/C(=N/I)C=CC32)c1. The molecule has 212 valence electrons. The highest BCUT2D eigenvalue weighted by Crippen LogP contribution is 2.52. The van der Waals surface area contributed by atoms with E-state index in [1.165, 1.54) is 59.3 Å². The first-order valence-corrected chi connectivity index (χ1v) is 15.1. The van der Waals surface area contributed by atoms with Gasteiger partial charge in [0.2, 0.25) is 0 Å². The quantitative estimate of drug-likeness (QED) is 0.136. The predicted octanol–water partition coefficient (Wildman–Crippen LogP) is 1.50. The van der Waals surface area contributed by atoms with Crippen LogP contribution in [0.1, 0.15) is 37.8 Å². The van der Waals surface area contributed by atoms with Gasteiger partial charge in [0.05, 0.1) is 39.8 Å². The van der Waals surface area contributed by atoms with Crippen molar-refractivity contribution in [2.45, 2.75) is 10.8 Å². The average Bonchev–Trinajstić information content (AvgIpc) is 2.87. The van der Waals surface area contributed by atoms with Crippen molar-refractivity contribution in [2.24, 2.45) is 14.9 Å². The van der Waals surface area contributed by atoms with Crippen molar-refractivity contribution in [2.75, 3.05) is 18.8 Å². The molecule has 4 rings (SSSR count). The maximum absolute atomic E-state index is 12.7. The summed E-state index contributed by atoms with van der Waals surface area (Å²) in [5, 5.41) is 12.6. The van der Waals surface area contributed by atoms with Crippen LogP contribution in [0.15, 0.2) is 61.2 Å². The number of carboxylic acids is 1. The molecule has 0 radical (unpaired) electrons. The number of nitrogens with one attached hydrogen (secondary N) is 1. The number of nitrogens with zero attached hydrogens (tertiary/aromatic N) is 1. The number of fused-ring (bicyclic) bond motifs is 2. The maximum atomic E-state index is 12.7. The van der Waals surface area contributed by atoms with Crippen LogP contribution in [-0.2, 0) is 20.2 Å². The van der Waals surface area contributed by atoms with Gasteiger partial charge in [-0.05, 0) is 35.9 Å². The molecule has 0 saturated heterocycles. The molecule has 0 aromatic heterocycles. The normalized spacial score (nSPS) is 19.6. The third-order valence-electron chi connectivity index (χ3n) is 6.22. The van der Waals surface area contributed by atoms with E-state index in [2.05, 4.69) is 8.52 Å². The summed E-state index contributed by atoms with van der Waals surface area (Å²) in [4.78, 5) is 23.3. The smallest absolute Gasteiger partial charge is 0.335 e. The lowest BCUT2D eigenvalue weighted by atomic mass is 9.74. The monoisotopic (exact) mass is 704 g/mol. The Labute approximate surface area is 241 Å². The van der Waals surface area contributed by atoms with Crippen molar-refractivity contribution in [3.05, 3.63) is 75.4 Å². The molecule has 1 aliphatic heterocycles. The van der Waals surface area contributed by atoms with Gasteiger partial charge in [0.15, 0.2) is 15.6 Å². The lowest BCUT2D eigenvalue weighted by Crippen LogP contribution is -2.33.